The van der Waals surface area contributed by atoms with Crippen molar-refractivity contribution >= 4 is 16.6 Å². The number of rotatable bonds is 5. The Hall–Kier alpha value is -2.66. The minimum absolute atomic E-state index is 0.190. The fraction of sp³-hybridized carbons (Fsp3) is 0.417. The van der Waals surface area contributed by atoms with Crippen molar-refractivity contribution < 1.29 is 4.79 Å². The maximum atomic E-state index is 12.9. The summed E-state index contributed by atoms with van der Waals surface area (Å²) in [4.78, 5) is 28.6. The Kier molecular flexibility index (Phi) is 5.06. The number of fused-ring (bicyclic) bond motifs is 1. The van der Waals surface area contributed by atoms with Gasteiger partial charge in [-0.3, -0.25) is 19.7 Å². The molecule has 0 spiro atoms. The van der Waals surface area contributed by atoms with Crippen molar-refractivity contribution in [2.75, 3.05) is 13.1 Å². The standard InChI is InChI=1S/C24H26N4O/c29-24(17-6-10-28(11-7-17)22-2-1-3-22)14-21-13-20-12-18(4-5-19(20)15-27-21)23-16-25-8-9-26-23/h4-5,8-9,12-13,15-17,22H,1-3,6-7,10-11,14H2. The molecular formula is C24H26N4O. The van der Waals surface area contributed by atoms with Crippen molar-refractivity contribution in [3.63, 3.8) is 0 Å². The fourth-order valence-corrected chi connectivity index (χ4v) is 4.55. The molecule has 1 saturated carbocycles. The third kappa shape index (κ3) is 3.92. The Labute approximate surface area is 171 Å². The summed E-state index contributed by atoms with van der Waals surface area (Å²) in [6.45, 7) is 2.15. The molecule has 2 aromatic heterocycles. The number of carbonyl (C=O) groups is 1. The van der Waals surface area contributed by atoms with Gasteiger partial charge in [0.1, 0.15) is 5.78 Å². The molecular weight excluding hydrogens is 360 g/mol. The summed E-state index contributed by atoms with van der Waals surface area (Å²) in [5.41, 5.74) is 2.74. The topological polar surface area (TPSA) is 59.0 Å². The number of benzene rings is 1. The monoisotopic (exact) mass is 386 g/mol. The minimum atomic E-state index is 0.190. The van der Waals surface area contributed by atoms with E-state index in [1.165, 1.54) is 19.3 Å². The predicted molar refractivity (Wildman–Crippen MR) is 113 cm³/mol. The number of ketones is 1. The lowest BCUT2D eigenvalue weighted by Gasteiger charge is -2.41. The third-order valence-corrected chi connectivity index (χ3v) is 6.57. The first-order valence-electron chi connectivity index (χ1n) is 10.7. The molecule has 5 nitrogen and oxygen atoms in total. The van der Waals surface area contributed by atoms with Crippen molar-refractivity contribution in [2.45, 2.75) is 44.6 Å². The largest absolute Gasteiger partial charge is 0.300 e. The number of pyridine rings is 1. The van der Waals surface area contributed by atoms with E-state index in [0.717, 1.165) is 59.7 Å². The Morgan fingerprint density at radius 1 is 0.966 bits per heavy atom. The molecule has 2 fully saturated rings. The minimum Gasteiger partial charge on any atom is -0.300 e. The van der Waals surface area contributed by atoms with Crippen LogP contribution < -0.4 is 0 Å². The molecule has 148 valence electrons. The highest BCUT2D eigenvalue weighted by molar-refractivity contribution is 5.88. The molecule has 3 aromatic rings. The van der Waals surface area contributed by atoms with Gasteiger partial charge in [0.2, 0.25) is 0 Å². The molecule has 29 heavy (non-hydrogen) atoms. The average Bonchev–Trinajstić information content (AvgIpc) is 2.73. The summed E-state index contributed by atoms with van der Waals surface area (Å²) < 4.78 is 0. The lowest BCUT2D eigenvalue weighted by Crippen LogP contribution is -2.45. The van der Waals surface area contributed by atoms with Crippen LogP contribution in [0.3, 0.4) is 0 Å². The smallest absolute Gasteiger partial charge is 0.142 e. The van der Waals surface area contributed by atoms with E-state index < -0.39 is 0 Å². The van der Waals surface area contributed by atoms with Crippen LogP contribution in [0.5, 0.6) is 0 Å². The van der Waals surface area contributed by atoms with E-state index in [1.807, 2.05) is 18.3 Å². The van der Waals surface area contributed by atoms with Crippen LogP contribution in [0.15, 0.2) is 49.1 Å². The zero-order chi connectivity index (χ0) is 19.6. The second kappa shape index (κ2) is 7.99. The van der Waals surface area contributed by atoms with Gasteiger partial charge in [-0.25, -0.2) is 0 Å². The highest BCUT2D eigenvalue weighted by Gasteiger charge is 2.31. The molecule has 1 aliphatic carbocycles. The number of aromatic nitrogens is 3. The maximum absolute atomic E-state index is 12.9. The Morgan fingerprint density at radius 3 is 2.55 bits per heavy atom. The van der Waals surface area contributed by atoms with Crippen LogP contribution in [0.1, 0.15) is 37.8 Å². The second-order valence-electron chi connectivity index (χ2n) is 8.37. The number of hydrogen-bond donors (Lipinski definition) is 0. The van der Waals surface area contributed by atoms with Gasteiger partial charge >= 0.3 is 0 Å². The van der Waals surface area contributed by atoms with Crippen molar-refractivity contribution in [1.82, 2.24) is 19.9 Å². The summed E-state index contributed by atoms with van der Waals surface area (Å²) in [6.07, 6.45) is 13.5. The Bertz CT molecular complexity index is 1010. The van der Waals surface area contributed by atoms with Crippen LogP contribution in [0.2, 0.25) is 0 Å². The Balaban J connectivity index is 1.28. The first-order chi connectivity index (χ1) is 14.3. The zero-order valence-corrected chi connectivity index (χ0v) is 16.6. The summed E-state index contributed by atoms with van der Waals surface area (Å²) in [5, 5.41) is 2.16. The van der Waals surface area contributed by atoms with Gasteiger partial charge in [-0.05, 0) is 56.3 Å². The average molecular weight is 386 g/mol. The zero-order valence-electron chi connectivity index (χ0n) is 16.6. The van der Waals surface area contributed by atoms with Crippen molar-refractivity contribution in [2.24, 2.45) is 5.92 Å². The van der Waals surface area contributed by atoms with Gasteiger partial charge < -0.3 is 4.90 Å². The van der Waals surface area contributed by atoms with E-state index in [-0.39, 0.29) is 5.92 Å². The molecule has 0 N–H and O–H groups in total. The second-order valence-corrected chi connectivity index (χ2v) is 8.37. The molecule has 0 unspecified atom stereocenters. The highest BCUT2D eigenvalue weighted by atomic mass is 16.1. The van der Waals surface area contributed by atoms with E-state index in [9.17, 15) is 4.79 Å². The third-order valence-electron chi connectivity index (χ3n) is 6.57. The van der Waals surface area contributed by atoms with Gasteiger partial charge in [-0.15, -0.1) is 0 Å². The lowest BCUT2D eigenvalue weighted by atomic mass is 9.85. The molecule has 0 bridgehead atoms. The number of nitrogens with zero attached hydrogens (tertiary/aromatic N) is 4. The molecule has 2 aliphatic rings. The van der Waals surface area contributed by atoms with Crippen LogP contribution in [-0.4, -0.2) is 44.8 Å². The van der Waals surface area contributed by atoms with Gasteiger partial charge in [-0.2, -0.15) is 0 Å². The number of carbonyl (C=O) groups excluding carboxylic acids is 1. The molecule has 5 rings (SSSR count). The molecule has 3 heterocycles. The maximum Gasteiger partial charge on any atom is 0.142 e. The molecule has 1 aromatic carbocycles. The first-order valence-corrected chi connectivity index (χ1v) is 10.7. The van der Waals surface area contributed by atoms with E-state index in [0.29, 0.717) is 12.2 Å². The molecule has 1 saturated heterocycles. The van der Waals surface area contributed by atoms with Gasteiger partial charge in [0, 0.05) is 53.6 Å². The van der Waals surface area contributed by atoms with Crippen LogP contribution in [0.4, 0.5) is 0 Å². The summed E-state index contributed by atoms with van der Waals surface area (Å²) in [7, 11) is 0. The molecule has 0 atom stereocenters. The van der Waals surface area contributed by atoms with E-state index in [4.69, 9.17) is 0 Å². The van der Waals surface area contributed by atoms with Gasteiger partial charge in [0.25, 0.3) is 0 Å². The van der Waals surface area contributed by atoms with E-state index >= 15 is 0 Å². The van der Waals surface area contributed by atoms with Crippen molar-refractivity contribution in [3.05, 3.63) is 54.7 Å². The van der Waals surface area contributed by atoms with Gasteiger partial charge in [0.05, 0.1) is 11.9 Å². The normalized spacial score (nSPS) is 18.6. The molecule has 5 heteroatoms. The molecule has 0 radical (unpaired) electrons. The van der Waals surface area contributed by atoms with Crippen LogP contribution >= 0.6 is 0 Å². The fourth-order valence-electron chi connectivity index (χ4n) is 4.55. The summed E-state index contributed by atoms with van der Waals surface area (Å²) in [5.74, 6) is 0.532. The number of likely N-dealkylation sites (tertiary alicyclic amines) is 1. The number of piperidine rings is 1. The quantitative estimate of drug-likeness (QED) is 0.662. The van der Waals surface area contributed by atoms with Crippen LogP contribution in [0, 0.1) is 5.92 Å². The number of Topliss-reactive ketones (excluding diaryl/α,β-unsaturated/α-hetero) is 1. The molecule has 0 amide bonds. The van der Waals surface area contributed by atoms with E-state index in [2.05, 4.69) is 32.0 Å². The van der Waals surface area contributed by atoms with Crippen molar-refractivity contribution in [1.29, 1.82) is 0 Å². The lowest BCUT2D eigenvalue weighted by molar-refractivity contribution is -0.124. The Morgan fingerprint density at radius 2 is 1.83 bits per heavy atom. The predicted octanol–water partition coefficient (Wildman–Crippen LogP) is 4.07. The van der Waals surface area contributed by atoms with Crippen LogP contribution in [0.25, 0.3) is 22.0 Å². The molecule has 1 aliphatic heterocycles. The van der Waals surface area contributed by atoms with Crippen LogP contribution in [-0.2, 0) is 11.2 Å². The van der Waals surface area contributed by atoms with E-state index in [1.54, 1.807) is 18.6 Å². The first kappa shape index (κ1) is 18.4. The summed E-state index contributed by atoms with van der Waals surface area (Å²) in [6, 6.07) is 9.03. The highest BCUT2D eigenvalue weighted by Crippen LogP contribution is 2.30. The van der Waals surface area contributed by atoms with Gasteiger partial charge in [-0.1, -0.05) is 18.6 Å². The SMILES string of the molecule is O=C(Cc1cc2cc(-c3cnccn3)ccc2cn1)C1CCN(C2CCC2)CC1. The summed E-state index contributed by atoms with van der Waals surface area (Å²) >= 11 is 0. The number of hydrogen-bond acceptors (Lipinski definition) is 5. The van der Waals surface area contributed by atoms with Crippen molar-refractivity contribution in [3.8, 4) is 11.3 Å². The van der Waals surface area contributed by atoms with Gasteiger partial charge in [0.15, 0.2) is 0 Å².